The van der Waals surface area contributed by atoms with Crippen molar-refractivity contribution in [3.05, 3.63) is 0 Å². The Morgan fingerprint density at radius 1 is 1.15 bits per heavy atom. The van der Waals surface area contributed by atoms with Gasteiger partial charge in [-0.05, 0) is 19.8 Å². The summed E-state index contributed by atoms with van der Waals surface area (Å²) >= 11 is 0. The van der Waals surface area contributed by atoms with Crippen LogP contribution in [0.4, 0.5) is 0 Å². The Morgan fingerprint density at radius 3 is 2.50 bits per heavy atom. The van der Waals surface area contributed by atoms with Crippen LogP contribution < -0.4 is 10.6 Å². The van der Waals surface area contributed by atoms with E-state index >= 15 is 0 Å². The predicted octanol–water partition coefficient (Wildman–Crippen LogP) is 0.299. The number of nitrogens with one attached hydrogen (secondary N) is 2. The quantitative estimate of drug-likeness (QED) is 0.325. The second-order valence-corrected chi connectivity index (χ2v) is 4.94. The Hall–Kier alpha value is -0.850. The number of nitrogens with zero attached hydrogens (tertiary/aromatic N) is 2. The summed E-state index contributed by atoms with van der Waals surface area (Å²) in [5.74, 6) is 0.868. The first-order valence-corrected chi connectivity index (χ1v) is 7.56. The highest BCUT2D eigenvalue weighted by atomic mass is 16.5. The molecule has 0 bridgehead atoms. The van der Waals surface area contributed by atoms with Gasteiger partial charge in [0.2, 0.25) is 0 Å². The molecular formula is C14H30N4O2. The Labute approximate surface area is 122 Å². The second kappa shape index (κ2) is 10.9. The zero-order chi connectivity index (χ0) is 14.6. The lowest BCUT2D eigenvalue weighted by Crippen LogP contribution is -2.40. The maximum absolute atomic E-state index is 5.17. The summed E-state index contributed by atoms with van der Waals surface area (Å²) < 4.78 is 10.2. The van der Waals surface area contributed by atoms with E-state index in [0.29, 0.717) is 6.61 Å². The number of ether oxygens (including phenoxy) is 2. The van der Waals surface area contributed by atoms with Gasteiger partial charge in [-0.2, -0.15) is 0 Å². The third kappa shape index (κ3) is 7.67. The van der Waals surface area contributed by atoms with Crippen LogP contribution in [0.1, 0.15) is 19.8 Å². The van der Waals surface area contributed by atoms with Gasteiger partial charge in [-0.1, -0.05) is 0 Å². The molecule has 1 fully saturated rings. The van der Waals surface area contributed by atoms with Crippen molar-refractivity contribution in [2.75, 3.05) is 60.2 Å². The largest absolute Gasteiger partial charge is 0.383 e. The van der Waals surface area contributed by atoms with Gasteiger partial charge in [-0.15, -0.1) is 0 Å². The molecule has 1 aliphatic carbocycles. The second-order valence-electron chi connectivity index (χ2n) is 4.94. The molecule has 0 aromatic carbocycles. The predicted molar refractivity (Wildman–Crippen MR) is 82.3 cm³/mol. The summed E-state index contributed by atoms with van der Waals surface area (Å²) in [6.45, 7) is 8.01. The van der Waals surface area contributed by atoms with Gasteiger partial charge in [0.05, 0.1) is 19.8 Å². The van der Waals surface area contributed by atoms with Gasteiger partial charge in [0.1, 0.15) is 0 Å². The third-order valence-electron chi connectivity index (χ3n) is 3.25. The van der Waals surface area contributed by atoms with Gasteiger partial charge in [-0.3, -0.25) is 9.89 Å². The van der Waals surface area contributed by atoms with Gasteiger partial charge in [0.25, 0.3) is 0 Å². The Bertz CT molecular complexity index is 270. The van der Waals surface area contributed by atoms with E-state index in [9.17, 15) is 0 Å². The normalized spacial score (nSPS) is 15.7. The van der Waals surface area contributed by atoms with Crippen molar-refractivity contribution in [1.82, 2.24) is 15.5 Å². The monoisotopic (exact) mass is 286 g/mol. The SMILES string of the molecule is CCNC(=NCCN(CCOC)C1CC1)NCCOC. The average Bonchev–Trinajstić information content (AvgIpc) is 3.27. The fraction of sp³-hybridized carbons (Fsp3) is 0.929. The van der Waals surface area contributed by atoms with Crippen molar-refractivity contribution in [3.8, 4) is 0 Å². The molecule has 20 heavy (non-hydrogen) atoms. The molecule has 0 aliphatic heterocycles. The smallest absolute Gasteiger partial charge is 0.191 e. The molecule has 6 heteroatoms. The highest BCUT2D eigenvalue weighted by molar-refractivity contribution is 5.79. The molecule has 0 heterocycles. The molecule has 0 atom stereocenters. The number of hydrogen-bond acceptors (Lipinski definition) is 4. The van der Waals surface area contributed by atoms with E-state index in [4.69, 9.17) is 9.47 Å². The minimum atomic E-state index is 0.687. The van der Waals surface area contributed by atoms with Crippen molar-refractivity contribution in [3.63, 3.8) is 0 Å². The summed E-state index contributed by atoms with van der Waals surface area (Å²) in [7, 11) is 3.46. The van der Waals surface area contributed by atoms with Crippen LogP contribution in [0.25, 0.3) is 0 Å². The fourth-order valence-corrected chi connectivity index (χ4v) is 2.03. The van der Waals surface area contributed by atoms with Gasteiger partial charge in [0, 0.05) is 46.4 Å². The molecule has 2 N–H and O–H groups in total. The van der Waals surface area contributed by atoms with Crippen molar-refractivity contribution < 1.29 is 9.47 Å². The van der Waals surface area contributed by atoms with Crippen LogP contribution in [0.3, 0.4) is 0 Å². The van der Waals surface area contributed by atoms with Gasteiger partial charge in [0.15, 0.2) is 5.96 Å². The standard InChI is InChI=1S/C14H30N4O2/c1-4-15-14(17-8-11-19-2)16-7-9-18(10-12-20-3)13-5-6-13/h13H,4-12H2,1-3H3,(H2,15,16,17). The minimum Gasteiger partial charge on any atom is -0.383 e. The highest BCUT2D eigenvalue weighted by Gasteiger charge is 2.27. The van der Waals surface area contributed by atoms with Crippen molar-refractivity contribution in [2.45, 2.75) is 25.8 Å². The van der Waals surface area contributed by atoms with Crippen molar-refractivity contribution in [1.29, 1.82) is 0 Å². The molecule has 0 aromatic heterocycles. The van der Waals surface area contributed by atoms with E-state index in [1.54, 1.807) is 14.2 Å². The zero-order valence-corrected chi connectivity index (χ0v) is 13.2. The van der Waals surface area contributed by atoms with E-state index in [0.717, 1.165) is 51.3 Å². The maximum Gasteiger partial charge on any atom is 0.191 e. The highest BCUT2D eigenvalue weighted by Crippen LogP contribution is 2.26. The molecule has 0 radical (unpaired) electrons. The molecule has 118 valence electrons. The van der Waals surface area contributed by atoms with Crippen LogP contribution in [0, 0.1) is 0 Å². The number of rotatable bonds is 11. The topological polar surface area (TPSA) is 58.1 Å². The molecule has 1 aliphatic rings. The number of aliphatic imine (C=N–C) groups is 1. The number of methoxy groups -OCH3 is 2. The first-order valence-electron chi connectivity index (χ1n) is 7.56. The lowest BCUT2D eigenvalue weighted by atomic mass is 10.4. The molecule has 0 amide bonds. The third-order valence-corrected chi connectivity index (χ3v) is 3.25. The Morgan fingerprint density at radius 2 is 1.90 bits per heavy atom. The first-order chi connectivity index (χ1) is 9.81. The van der Waals surface area contributed by atoms with Gasteiger partial charge >= 0.3 is 0 Å². The van der Waals surface area contributed by atoms with Gasteiger partial charge in [-0.25, -0.2) is 0 Å². The number of hydrogen-bond donors (Lipinski definition) is 2. The zero-order valence-electron chi connectivity index (χ0n) is 13.2. The molecule has 6 nitrogen and oxygen atoms in total. The molecule has 0 aromatic rings. The molecule has 1 saturated carbocycles. The maximum atomic E-state index is 5.17. The summed E-state index contributed by atoms with van der Waals surface area (Å²) in [5, 5.41) is 6.50. The minimum absolute atomic E-state index is 0.687. The van der Waals surface area contributed by atoms with Crippen molar-refractivity contribution >= 4 is 5.96 Å². The van der Waals surface area contributed by atoms with Crippen LogP contribution in [-0.4, -0.2) is 77.1 Å². The van der Waals surface area contributed by atoms with Crippen LogP contribution in [0.5, 0.6) is 0 Å². The molecule has 0 unspecified atom stereocenters. The number of guanidine groups is 1. The summed E-state index contributed by atoms with van der Waals surface area (Å²) in [4.78, 5) is 7.08. The van der Waals surface area contributed by atoms with Gasteiger partial charge < -0.3 is 20.1 Å². The summed E-state index contributed by atoms with van der Waals surface area (Å²) in [6.07, 6.45) is 2.64. The van der Waals surface area contributed by atoms with E-state index in [1.165, 1.54) is 12.8 Å². The van der Waals surface area contributed by atoms with Crippen LogP contribution in [0.2, 0.25) is 0 Å². The average molecular weight is 286 g/mol. The Balaban J connectivity index is 2.28. The van der Waals surface area contributed by atoms with E-state index in [-0.39, 0.29) is 0 Å². The first kappa shape index (κ1) is 17.2. The van der Waals surface area contributed by atoms with E-state index < -0.39 is 0 Å². The summed E-state index contributed by atoms with van der Waals surface area (Å²) in [5.41, 5.74) is 0. The molecule has 0 spiro atoms. The van der Waals surface area contributed by atoms with E-state index in [2.05, 4.69) is 27.4 Å². The lowest BCUT2D eigenvalue weighted by Gasteiger charge is -2.20. The van der Waals surface area contributed by atoms with Crippen LogP contribution >= 0.6 is 0 Å². The van der Waals surface area contributed by atoms with Crippen LogP contribution in [0.15, 0.2) is 4.99 Å². The molecule has 1 rings (SSSR count). The van der Waals surface area contributed by atoms with Crippen LogP contribution in [-0.2, 0) is 9.47 Å². The van der Waals surface area contributed by atoms with E-state index in [1.807, 2.05) is 0 Å². The molecular weight excluding hydrogens is 256 g/mol. The lowest BCUT2D eigenvalue weighted by molar-refractivity contribution is 0.145. The Kier molecular flexibility index (Phi) is 9.36. The summed E-state index contributed by atoms with van der Waals surface area (Å²) in [6, 6.07) is 0.754. The van der Waals surface area contributed by atoms with Crippen molar-refractivity contribution in [2.24, 2.45) is 4.99 Å². The fourth-order valence-electron chi connectivity index (χ4n) is 2.03. The molecule has 0 saturated heterocycles.